The topological polar surface area (TPSA) is 135 Å². The van der Waals surface area contributed by atoms with E-state index in [-0.39, 0.29) is 29.8 Å². The second kappa shape index (κ2) is 7.11. The summed E-state index contributed by atoms with van der Waals surface area (Å²) in [5.74, 6) is 5.18. The minimum absolute atomic E-state index is 0.00732. The van der Waals surface area contributed by atoms with Crippen LogP contribution < -0.4 is 21.9 Å². The molecule has 1 aromatic rings. The van der Waals surface area contributed by atoms with Gasteiger partial charge in [-0.1, -0.05) is 6.92 Å². The van der Waals surface area contributed by atoms with Crippen LogP contribution in [0.25, 0.3) is 0 Å². The Morgan fingerprint density at radius 2 is 2.26 bits per heavy atom. The third-order valence-corrected chi connectivity index (χ3v) is 2.21. The summed E-state index contributed by atoms with van der Waals surface area (Å²) in [5, 5.41) is 16.1. The summed E-state index contributed by atoms with van der Waals surface area (Å²) in [6.07, 6.45) is 0.816. The van der Waals surface area contributed by atoms with Gasteiger partial charge >= 0.3 is 5.69 Å². The number of hydrogen-bond donors (Lipinski definition) is 4. The van der Waals surface area contributed by atoms with Gasteiger partial charge in [-0.3, -0.25) is 14.9 Å². The van der Waals surface area contributed by atoms with Gasteiger partial charge in [0.2, 0.25) is 11.7 Å². The van der Waals surface area contributed by atoms with Crippen molar-refractivity contribution in [2.24, 2.45) is 5.84 Å². The van der Waals surface area contributed by atoms with Gasteiger partial charge in [0.1, 0.15) is 5.82 Å². The molecule has 1 aromatic heterocycles. The maximum Gasteiger partial charge on any atom is 0.311 e. The van der Waals surface area contributed by atoms with E-state index < -0.39 is 4.92 Å². The second-order valence-corrected chi connectivity index (χ2v) is 3.67. The largest absolute Gasteiger partial charge is 0.355 e. The lowest BCUT2D eigenvalue weighted by Gasteiger charge is -2.08. The number of nitrogens with two attached hydrogens (primary N) is 1. The van der Waals surface area contributed by atoms with E-state index in [1.807, 2.05) is 6.92 Å². The minimum atomic E-state index is -0.584. The first-order valence-electron chi connectivity index (χ1n) is 5.71. The number of nitrogens with one attached hydrogen (secondary N) is 3. The van der Waals surface area contributed by atoms with Crippen LogP contribution in [-0.2, 0) is 4.79 Å². The number of carbonyl (C=O) groups excluding carboxylic acids is 1. The molecule has 0 saturated heterocycles. The summed E-state index contributed by atoms with van der Waals surface area (Å²) in [7, 11) is 0. The average Bonchev–Trinajstić information content (AvgIpc) is 2.42. The third-order valence-electron chi connectivity index (χ3n) is 2.21. The fourth-order valence-electron chi connectivity index (χ4n) is 1.30. The maximum atomic E-state index is 11.4. The highest BCUT2D eigenvalue weighted by atomic mass is 16.6. The van der Waals surface area contributed by atoms with Gasteiger partial charge in [0.05, 0.1) is 11.5 Å². The highest BCUT2D eigenvalue weighted by Gasteiger charge is 2.16. The molecule has 1 amide bonds. The Morgan fingerprint density at radius 3 is 2.84 bits per heavy atom. The summed E-state index contributed by atoms with van der Waals surface area (Å²) in [6.45, 7) is 2.39. The summed E-state index contributed by atoms with van der Waals surface area (Å²) in [4.78, 5) is 25.5. The molecule has 0 fully saturated rings. The lowest BCUT2D eigenvalue weighted by molar-refractivity contribution is -0.384. The number of aromatic nitrogens is 1. The molecule has 0 bridgehead atoms. The molecule has 0 aliphatic heterocycles. The molecule has 1 heterocycles. The molecule has 5 N–H and O–H groups in total. The van der Waals surface area contributed by atoms with Crippen LogP contribution in [0.15, 0.2) is 12.1 Å². The van der Waals surface area contributed by atoms with Crippen molar-refractivity contribution in [2.75, 3.05) is 23.8 Å². The van der Waals surface area contributed by atoms with Gasteiger partial charge in [-0.15, -0.1) is 0 Å². The normalized spacial score (nSPS) is 9.79. The molecule has 9 heteroatoms. The first kappa shape index (κ1) is 14.6. The van der Waals surface area contributed by atoms with Crippen LogP contribution in [0.1, 0.15) is 13.3 Å². The Morgan fingerprint density at radius 1 is 1.53 bits per heavy atom. The number of nitrogens with zero attached hydrogens (tertiary/aromatic N) is 2. The summed E-state index contributed by atoms with van der Waals surface area (Å²) < 4.78 is 0. The first-order chi connectivity index (χ1) is 9.08. The molecule has 0 aromatic carbocycles. The fraction of sp³-hybridized carbons (Fsp3) is 0.400. The smallest absolute Gasteiger partial charge is 0.311 e. The maximum absolute atomic E-state index is 11.4. The number of anilines is 2. The number of rotatable bonds is 7. The Labute approximate surface area is 109 Å². The third kappa shape index (κ3) is 4.39. The Bertz CT molecular complexity index is 465. The van der Waals surface area contributed by atoms with E-state index in [0.717, 1.165) is 6.42 Å². The van der Waals surface area contributed by atoms with Crippen LogP contribution in [0.5, 0.6) is 0 Å². The number of nitrogen functional groups attached to an aromatic ring is 1. The quantitative estimate of drug-likeness (QED) is 0.315. The molecular formula is C10H16N6O3. The van der Waals surface area contributed by atoms with E-state index >= 15 is 0 Å². The minimum Gasteiger partial charge on any atom is -0.355 e. The number of carbonyl (C=O) groups is 1. The van der Waals surface area contributed by atoms with Gasteiger partial charge in [-0.25, -0.2) is 10.8 Å². The molecule has 104 valence electrons. The molecule has 0 atom stereocenters. The van der Waals surface area contributed by atoms with Gasteiger partial charge in [0.25, 0.3) is 0 Å². The molecule has 0 saturated carbocycles. The standard InChI is InChI=1S/C10H16N6O3/c1-2-5-12-9(17)6-13-10-7(16(18)19)3-4-8(14-10)15-11/h3-4H,2,5-6,11H2,1H3,(H,12,17)(H2,13,14,15). The van der Waals surface area contributed by atoms with Crippen LogP contribution in [0, 0.1) is 10.1 Å². The number of amides is 1. The van der Waals surface area contributed by atoms with Crippen LogP contribution in [0.3, 0.4) is 0 Å². The van der Waals surface area contributed by atoms with Crippen molar-refractivity contribution < 1.29 is 9.72 Å². The van der Waals surface area contributed by atoms with Gasteiger partial charge in [0, 0.05) is 12.6 Å². The summed E-state index contributed by atoms with van der Waals surface area (Å²) in [5.41, 5.74) is 2.06. The van der Waals surface area contributed by atoms with Crippen LogP contribution in [-0.4, -0.2) is 28.9 Å². The molecule has 0 unspecified atom stereocenters. The molecule has 1 rings (SSSR count). The van der Waals surface area contributed by atoms with E-state index in [0.29, 0.717) is 6.54 Å². The zero-order chi connectivity index (χ0) is 14.3. The summed E-state index contributed by atoms with van der Waals surface area (Å²) in [6, 6.07) is 2.63. The number of pyridine rings is 1. The van der Waals surface area contributed by atoms with Gasteiger partial charge in [-0.2, -0.15) is 0 Å². The molecular weight excluding hydrogens is 252 g/mol. The van der Waals surface area contributed by atoms with E-state index in [4.69, 9.17) is 5.84 Å². The van der Waals surface area contributed by atoms with Crippen molar-refractivity contribution in [1.29, 1.82) is 0 Å². The van der Waals surface area contributed by atoms with Crippen molar-refractivity contribution >= 4 is 23.2 Å². The van der Waals surface area contributed by atoms with Crippen molar-refractivity contribution in [3.63, 3.8) is 0 Å². The van der Waals surface area contributed by atoms with Crippen LogP contribution in [0.2, 0.25) is 0 Å². The summed E-state index contributed by atoms with van der Waals surface area (Å²) >= 11 is 0. The second-order valence-electron chi connectivity index (χ2n) is 3.67. The Balaban J connectivity index is 2.74. The molecule has 0 spiro atoms. The number of hydrogen-bond acceptors (Lipinski definition) is 7. The zero-order valence-corrected chi connectivity index (χ0v) is 10.5. The monoisotopic (exact) mass is 268 g/mol. The lowest BCUT2D eigenvalue weighted by atomic mass is 10.3. The predicted molar refractivity (Wildman–Crippen MR) is 70.5 cm³/mol. The molecule has 9 nitrogen and oxygen atoms in total. The highest BCUT2D eigenvalue weighted by Crippen LogP contribution is 2.23. The Hall–Kier alpha value is -2.42. The van der Waals surface area contributed by atoms with Crippen molar-refractivity contribution in [2.45, 2.75) is 13.3 Å². The average molecular weight is 268 g/mol. The zero-order valence-electron chi connectivity index (χ0n) is 10.5. The molecule has 0 radical (unpaired) electrons. The van der Waals surface area contributed by atoms with E-state index in [2.05, 4.69) is 21.0 Å². The number of nitro groups is 1. The lowest BCUT2D eigenvalue weighted by Crippen LogP contribution is -2.30. The van der Waals surface area contributed by atoms with Crippen molar-refractivity contribution in [3.8, 4) is 0 Å². The fourth-order valence-corrected chi connectivity index (χ4v) is 1.30. The van der Waals surface area contributed by atoms with Gasteiger partial charge in [0.15, 0.2) is 0 Å². The van der Waals surface area contributed by atoms with Crippen molar-refractivity contribution in [1.82, 2.24) is 10.3 Å². The van der Waals surface area contributed by atoms with Crippen LogP contribution in [0.4, 0.5) is 17.3 Å². The van der Waals surface area contributed by atoms with E-state index in [9.17, 15) is 14.9 Å². The molecule has 19 heavy (non-hydrogen) atoms. The Kier molecular flexibility index (Phi) is 5.48. The van der Waals surface area contributed by atoms with E-state index in [1.54, 1.807) is 0 Å². The first-order valence-corrected chi connectivity index (χ1v) is 5.71. The van der Waals surface area contributed by atoms with Crippen molar-refractivity contribution in [3.05, 3.63) is 22.2 Å². The van der Waals surface area contributed by atoms with Crippen LogP contribution >= 0.6 is 0 Å². The number of hydrazine groups is 1. The SMILES string of the molecule is CCCNC(=O)CNc1nc(NN)ccc1[N+](=O)[O-]. The molecule has 0 aliphatic carbocycles. The highest BCUT2D eigenvalue weighted by molar-refractivity contribution is 5.81. The predicted octanol–water partition coefficient (Wildman–Crippen LogP) is 0.214. The van der Waals surface area contributed by atoms with Gasteiger partial charge < -0.3 is 16.1 Å². The molecule has 0 aliphatic rings. The van der Waals surface area contributed by atoms with Gasteiger partial charge in [-0.05, 0) is 12.5 Å². The van der Waals surface area contributed by atoms with E-state index in [1.165, 1.54) is 12.1 Å².